The lowest BCUT2D eigenvalue weighted by atomic mass is 9.87. The van der Waals surface area contributed by atoms with Crippen molar-refractivity contribution in [1.29, 1.82) is 0 Å². The molecule has 0 saturated heterocycles. The molecular formula is C13H27NO. The predicted molar refractivity (Wildman–Crippen MR) is 65.1 cm³/mol. The van der Waals surface area contributed by atoms with Gasteiger partial charge in [-0.15, -0.1) is 0 Å². The van der Waals surface area contributed by atoms with Gasteiger partial charge in [0.05, 0.1) is 12.2 Å². The van der Waals surface area contributed by atoms with E-state index < -0.39 is 0 Å². The number of ether oxygens (including phenoxy) is 1. The average Bonchev–Trinajstić information content (AvgIpc) is 1.97. The molecule has 0 aliphatic heterocycles. The zero-order valence-corrected chi connectivity index (χ0v) is 11.1. The molecule has 0 unspecified atom stereocenters. The Hall–Kier alpha value is -0.0800. The quantitative estimate of drug-likeness (QED) is 0.775. The first-order valence-electron chi connectivity index (χ1n) is 6.21. The molecule has 1 fully saturated rings. The maximum absolute atomic E-state index is 5.95. The SMILES string of the molecule is CC(C)[C@@H](C)OC1CC(NC(C)(C)C)C1. The van der Waals surface area contributed by atoms with E-state index in [1.54, 1.807) is 0 Å². The minimum atomic E-state index is 0.235. The van der Waals surface area contributed by atoms with Gasteiger partial charge in [-0.1, -0.05) is 13.8 Å². The van der Waals surface area contributed by atoms with Gasteiger partial charge in [-0.3, -0.25) is 0 Å². The molecule has 0 aromatic heterocycles. The van der Waals surface area contributed by atoms with E-state index in [0.717, 1.165) is 0 Å². The third-order valence-corrected chi connectivity index (χ3v) is 3.08. The second kappa shape index (κ2) is 4.84. The Morgan fingerprint density at radius 1 is 1.13 bits per heavy atom. The lowest BCUT2D eigenvalue weighted by Gasteiger charge is -2.41. The molecule has 0 amide bonds. The highest BCUT2D eigenvalue weighted by Gasteiger charge is 2.33. The number of nitrogens with one attached hydrogen (secondary N) is 1. The van der Waals surface area contributed by atoms with Crippen LogP contribution in [0.1, 0.15) is 54.4 Å². The maximum Gasteiger partial charge on any atom is 0.0608 e. The molecule has 0 aromatic carbocycles. The molecule has 0 heterocycles. The van der Waals surface area contributed by atoms with Crippen LogP contribution < -0.4 is 5.32 Å². The third kappa shape index (κ3) is 4.52. The first-order valence-corrected chi connectivity index (χ1v) is 6.21. The van der Waals surface area contributed by atoms with Gasteiger partial charge in [0.1, 0.15) is 0 Å². The standard InChI is InChI=1S/C13H27NO/c1-9(2)10(3)15-12-7-11(8-12)14-13(4,5)6/h9-12,14H,7-8H2,1-6H3/t10-,11?,12?/m1/s1. The van der Waals surface area contributed by atoms with Gasteiger partial charge < -0.3 is 10.1 Å². The molecule has 1 saturated carbocycles. The van der Waals surface area contributed by atoms with Gasteiger partial charge in [0.25, 0.3) is 0 Å². The van der Waals surface area contributed by atoms with Crippen LogP contribution in [0.25, 0.3) is 0 Å². The minimum Gasteiger partial charge on any atom is -0.375 e. The summed E-state index contributed by atoms with van der Waals surface area (Å²) in [5.41, 5.74) is 0.235. The third-order valence-electron chi connectivity index (χ3n) is 3.08. The normalized spacial score (nSPS) is 29.0. The topological polar surface area (TPSA) is 21.3 Å². The minimum absolute atomic E-state index is 0.235. The highest BCUT2D eigenvalue weighted by molar-refractivity contribution is 4.90. The Morgan fingerprint density at radius 3 is 2.07 bits per heavy atom. The molecule has 2 heteroatoms. The Balaban J connectivity index is 2.15. The molecule has 90 valence electrons. The van der Waals surface area contributed by atoms with Crippen molar-refractivity contribution in [3.05, 3.63) is 0 Å². The fourth-order valence-electron chi connectivity index (χ4n) is 1.87. The van der Waals surface area contributed by atoms with Crippen molar-refractivity contribution in [2.75, 3.05) is 0 Å². The van der Waals surface area contributed by atoms with Gasteiger partial charge in [0.15, 0.2) is 0 Å². The summed E-state index contributed by atoms with van der Waals surface area (Å²) in [6.07, 6.45) is 3.23. The van der Waals surface area contributed by atoms with Gasteiger partial charge in [-0.25, -0.2) is 0 Å². The van der Waals surface area contributed by atoms with Gasteiger partial charge >= 0.3 is 0 Å². The molecule has 2 nitrogen and oxygen atoms in total. The van der Waals surface area contributed by atoms with Crippen molar-refractivity contribution in [2.24, 2.45) is 5.92 Å². The van der Waals surface area contributed by atoms with Crippen LogP contribution >= 0.6 is 0 Å². The second-order valence-corrected chi connectivity index (χ2v) is 6.27. The van der Waals surface area contributed by atoms with Crippen molar-refractivity contribution >= 4 is 0 Å². The lowest BCUT2D eigenvalue weighted by Crippen LogP contribution is -2.53. The van der Waals surface area contributed by atoms with E-state index in [4.69, 9.17) is 4.74 Å². The molecule has 1 rings (SSSR count). The van der Waals surface area contributed by atoms with Crippen LogP contribution in [0.5, 0.6) is 0 Å². The number of hydrogen-bond acceptors (Lipinski definition) is 2. The molecule has 0 aromatic rings. The molecular weight excluding hydrogens is 186 g/mol. The average molecular weight is 213 g/mol. The summed E-state index contributed by atoms with van der Waals surface area (Å²) in [6, 6.07) is 0.661. The van der Waals surface area contributed by atoms with Crippen LogP contribution in [0.4, 0.5) is 0 Å². The molecule has 15 heavy (non-hydrogen) atoms. The van der Waals surface area contributed by atoms with Crippen LogP contribution in [-0.2, 0) is 4.74 Å². The summed E-state index contributed by atoms with van der Waals surface area (Å²) in [5.74, 6) is 0.625. The fourth-order valence-corrected chi connectivity index (χ4v) is 1.87. The fraction of sp³-hybridized carbons (Fsp3) is 1.00. The van der Waals surface area contributed by atoms with Gasteiger partial charge in [-0.05, 0) is 46.5 Å². The summed E-state index contributed by atoms with van der Waals surface area (Å²) in [7, 11) is 0. The summed E-state index contributed by atoms with van der Waals surface area (Å²) in [6.45, 7) is 13.3. The van der Waals surface area contributed by atoms with Gasteiger partial charge in [-0.2, -0.15) is 0 Å². The summed E-state index contributed by atoms with van der Waals surface area (Å²) in [4.78, 5) is 0. The van der Waals surface area contributed by atoms with Crippen molar-refractivity contribution in [3.8, 4) is 0 Å². The van der Waals surface area contributed by atoms with Crippen molar-refractivity contribution < 1.29 is 4.74 Å². The predicted octanol–water partition coefficient (Wildman–Crippen LogP) is 2.97. The number of hydrogen-bond donors (Lipinski definition) is 1. The first kappa shape index (κ1) is 13.0. The maximum atomic E-state index is 5.95. The van der Waals surface area contributed by atoms with E-state index in [9.17, 15) is 0 Å². The lowest BCUT2D eigenvalue weighted by molar-refractivity contribution is -0.0762. The van der Waals surface area contributed by atoms with E-state index in [0.29, 0.717) is 24.2 Å². The largest absolute Gasteiger partial charge is 0.375 e. The van der Waals surface area contributed by atoms with Gasteiger partial charge in [0, 0.05) is 11.6 Å². The highest BCUT2D eigenvalue weighted by Crippen LogP contribution is 2.27. The second-order valence-electron chi connectivity index (χ2n) is 6.27. The Kier molecular flexibility index (Phi) is 4.19. The summed E-state index contributed by atoms with van der Waals surface area (Å²) >= 11 is 0. The van der Waals surface area contributed by atoms with Crippen LogP contribution in [0.3, 0.4) is 0 Å². The summed E-state index contributed by atoms with van der Waals surface area (Å²) < 4.78 is 5.95. The smallest absolute Gasteiger partial charge is 0.0608 e. The van der Waals surface area contributed by atoms with E-state index in [1.165, 1.54) is 12.8 Å². The number of rotatable bonds is 4. The zero-order chi connectivity index (χ0) is 11.6. The van der Waals surface area contributed by atoms with Crippen molar-refractivity contribution in [3.63, 3.8) is 0 Å². The molecule has 0 radical (unpaired) electrons. The highest BCUT2D eigenvalue weighted by atomic mass is 16.5. The first-order chi connectivity index (χ1) is 6.78. The van der Waals surface area contributed by atoms with Crippen molar-refractivity contribution in [2.45, 2.75) is 78.2 Å². The zero-order valence-electron chi connectivity index (χ0n) is 11.1. The van der Waals surface area contributed by atoms with Crippen molar-refractivity contribution in [1.82, 2.24) is 5.32 Å². The molecule has 1 aliphatic carbocycles. The van der Waals surface area contributed by atoms with Gasteiger partial charge in [0.2, 0.25) is 0 Å². The van der Waals surface area contributed by atoms with E-state index in [-0.39, 0.29) is 5.54 Å². The van der Waals surface area contributed by atoms with E-state index >= 15 is 0 Å². The summed E-state index contributed by atoms with van der Waals surface area (Å²) in [5, 5.41) is 3.61. The van der Waals surface area contributed by atoms with Crippen LogP contribution in [0.2, 0.25) is 0 Å². The molecule has 1 N–H and O–H groups in total. The van der Waals surface area contributed by atoms with E-state index in [2.05, 4.69) is 46.9 Å². The molecule has 0 bridgehead atoms. The Labute approximate surface area is 94.8 Å². The molecule has 1 aliphatic rings. The van der Waals surface area contributed by atoms with Crippen LogP contribution in [0, 0.1) is 5.92 Å². The molecule has 0 spiro atoms. The Morgan fingerprint density at radius 2 is 1.67 bits per heavy atom. The Bertz CT molecular complexity index is 189. The monoisotopic (exact) mass is 213 g/mol. The van der Waals surface area contributed by atoms with Crippen LogP contribution in [-0.4, -0.2) is 23.8 Å². The van der Waals surface area contributed by atoms with E-state index in [1.807, 2.05) is 0 Å². The molecule has 1 atom stereocenters. The van der Waals surface area contributed by atoms with Crippen LogP contribution in [0.15, 0.2) is 0 Å².